The van der Waals surface area contributed by atoms with Crippen LogP contribution in [0, 0.1) is 30.1 Å². The van der Waals surface area contributed by atoms with Crippen LogP contribution in [0.2, 0.25) is 5.02 Å². The SMILES string of the molecule is Cc1cc2n(CC#Cc3ccc(Cl)cc3-c3ccnc4c(C(=O)NS(=O)(=O)N(C)C)csc34)c(=O)c3c(C#N)c(N(C)C4CCN(C5CC(F)(F)C5)CC4)ncc3n2n1. The van der Waals surface area contributed by atoms with Gasteiger partial charge in [-0.05, 0) is 44.0 Å². The number of carbonyl (C=O) groups is 1. The number of amides is 1. The smallest absolute Gasteiger partial charge is 0.303 e. The van der Waals surface area contributed by atoms with E-state index in [9.17, 15) is 32.0 Å². The van der Waals surface area contributed by atoms with Gasteiger partial charge in [0.2, 0.25) is 0 Å². The minimum atomic E-state index is -4.04. The molecule has 1 amide bonds. The molecule has 0 spiro atoms. The van der Waals surface area contributed by atoms with Gasteiger partial charge >= 0.3 is 10.2 Å². The minimum absolute atomic E-state index is 0.0139. The molecule has 5 aromatic heterocycles. The fourth-order valence-corrected chi connectivity index (χ4v) is 9.55. The number of likely N-dealkylation sites (tertiary alicyclic amines) is 1. The Balaban J connectivity index is 1.13. The maximum absolute atomic E-state index is 14.5. The van der Waals surface area contributed by atoms with Crippen molar-refractivity contribution in [3.8, 4) is 29.0 Å². The van der Waals surface area contributed by atoms with Crippen LogP contribution >= 0.6 is 22.9 Å². The molecule has 1 aromatic carbocycles. The normalized spacial score (nSPS) is 16.3. The monoisotopic (exact) mass is 858 g/mol. The summed E-state index contributed by atoms with van der Waals surface area (Å²) in [6.07, 6.45) is 4.24. The molecule has 1 aliphatic heterocycles. The largest absolute Gasteiger partial charge is 0.355 e. The van der Waals surface area contributed by atoms with Crippen LogP contribution < -0.4 is 15.2 Å². The van der Waals surface area contributed by atoms with Crippen molar-refractivity contribution in [2.24, 2.45) is 0 Å². The zero-order chi connectivity index (χ0) is 42.0. The third-order valence-corrected chi connectivity index (χ3v) is 13.7. The molecule has 1 aliphatic carbocycles. The van der Waals surface area contributed by atoms with Crippen LogP contribution in [-0.2, 0) is 16.8 Å². The predicted octanol–water partition coefficient (Wildman–Crippen LogP) is 5.44. The second-order valence-corrected chi connectivity index (χ2v) is 18.2. The molecule has 2 fully saturated rings. The van der Waals surface area contributed by atoms with Gasteiger partial charge in [0.25, 0.3) is 17.4 Å². The van der Waals surface area contributed by atoms with E-state index in [2.05, 4.69) is 37.9 Å². The number of benzene rings is 1. The van der Waals surface area contributed by atoms with Gasteiger partial charge in [-0.15, -0.1) is 11.3 Å². The molecule has 0 atom stereocenters. The number of rotatable bonds is 8. The van der Waals surface area contributed by atoms with Crippen LogP contribution in [0.25, 0.3) is 37.9 Å². The van der Waals surface area contributed by atoms with E-state index >= 15 is 0 Å². The third-order valence-electron chi connectivity index (χ3n) is 11.0. The number of thiophene rings is 1. The zero-order valence-corrected chi connectivity index (χ0v) is 34.7. The molecule has 19 heteroatoms. The second kappa shape index (κ2) is 15.3. The van der Waals surface area contributed by atoms with Crippen LogP contribution in [0.4, 0.5) is 14.6 Å². The first-order valence-electron chi connectivity index (χ1n) is 18.6. The molecule has 0 unspecified atom stereocenters. The Hall–Kier alpha value is -5.50. The molecule has 1 N–H and O–H groups in total. The Morgan fingerprint density at radius 1 is 1.12 bits per heavy atom. The molecule has 1 saturated carbocycles. The fourth-order valence-electron chi connectivity index (χ4n) is 7.82. The molecule has 6 heterocycles. The Morgan fingerprint density at radius 2 is 1.86 bits per heavy atom. The van der Waals surface area contributed by atoms with Crippen LogP contribution in [-0.4, -0.2) is 99.9 Å². The highest BCUT2D eigenvalue weighted by atomic mass is 35.5. The number of fused-ring (bicyclic) bond motifs is 4. The molecule has 1 saturated heterocycles. The number of alkyl halides is 2. The van der Waals surface area contributed by atoms with Crippen LogP contribution in [0.15, 0.2) is 52.9 Å². The summed E-state index contributed by atoms with van der Waals surface area (Å²) in [4.78, 5) is 40.6. The number of aryl methyl sites for hydroxylation is 1. The summed E-state index contributed by atoms with van der Waals surface area (Å²) in [7, 11) is 0.419. The summed E-state index contributed by atoms with van der Waals surface area (Å²) in [6, 6.07) is 10.8. The van der Waals surface area contributed by atoms with Crippen LogP contribution in [0.5, 0.6) is 0 Å². The van der Waals surface area contributed by atoms with E-state index in [1.165, 1.54) is 36.2 Å². The minimum Gasteiger partial charge on any atom is -0.355 e. The predicted molar refractivity (Wildman–Crippen MR) is 222 cm³/mol. The lowest BCUT2D eigenvalue weighted by Gasteiger charge is -2.46. The molecule has 0 bridgehead atoms. The standard InChI is InChI=1S/C40H37ClF2N10O4S2/c1-23-16-33-52(13-5-6-24-7-8-25(41)17-29(24)28-9-12-45-35-31(22-58-36(28)35)38(54)48-59(56,57)49(2)3)39(55)34-30(20-44)37(46-21-32(34)53(33)47-23)50(4)26-10-14-51(15-11-26)27-18-40(42,43)19-27/h7-9,12,16-17,21-22,26-27H,10-11,13-15,18-19H2,1-4H3,(H,48,54). The van der Waals surface area contributed by atoms with Crippen molar-refractivity contribution in [2.45, 2.75) is 57.2 Å². The Kier molecular flexibility index (Phi) is 10.4. The van der Waals surface area contributed by atoms with Gasteiger partial charge < -0.3 is 4.90 Å². The van der Waals surface area contributed by atoms with Gasteiger partial charge in [0, 0.05) is 98.5 Å². The van der Waals surface area contributed by atoms with Gasteiger partial charge in [0.05, 0.1) is 45.1 Å². The quantitative estimate of drug-likeness (QED) is 0.195. The van der Waals surface area contributed by atoms with E-state index in [1.54, 1.807) is 53.3 Å². The van der Waals surface area contributed by atoms with Crippen molar-refractivity contribution < 1.29 is 22.0 Å². The highest BCUT2D eigenvalue weighted by Crippen LogP contribution is 2.42. The van der Waals surface area contributed by atoms with Gasteiger partial charge in [0.1, 0.15) is 23.1 Å². The van der Waals surface area contributed by atoms with Crippen molar-refractivity contribution in [3.05, 3.63) is 85.9 Å². The number of piperidine rings is 1. The van der Waals surface area contributed by atoms with Gasteiger partial charge in [-0.2, -0.15) is 23.1 Å². The van der Waals surface area contributed by atoms with Crippen LogP contribution in [0.1, 0.15) is 52.9 Å². The molecule has 14 nitrogen and oxygen atoms in total. The number of carbonyl (C=O) groups excluding carboxylic acids is 1. The maximum Gasteiger partial charge on any atom is 0.303 e. The number of pyridine rings is 2. The Bertz CT molecular complexity index is 2970. The van der Waals surface area contributed by atoms with Gasteiger partial charge in [0.15, 0.2) is 0 Å². The molecule has 59 heavy (non-hydrogen) atoms. The lowest BCUT2D eigenvalue weighted by molar-refractivity contribution is -0.127. The number of nitriles is 1. The summed E-state index contributed by atoms with van der Waals surface area (Å²) in [5, 5.41) is 17.3. The number of halogens is 3. The lowest BCUT2D eigenvalue weighted by atomic mass is 9.85. The van der Waals surface area contributed by atoms with Crippen molar-refractivity contribution in [1.82, 2.24) is 38.1 Å². The zero-order valence-electron chi connectivity index (χ0n) is 32.3. The van der Waals surface area contributed by atoms with Crippen molar-refractivity contribution in [3.63, 3.8) is 0 Å². The van der Waals surface area contributed by atoms with Gasteiger partial charge in [-0.25, -0.2) is 23.0 Å². The van der Waals surface area contributed by atoms with Gasteiger partial charge in [-0.3, -0.25) is 24.0 Å². The number of anilines is 1. The van der Waals surface area contributed by atoms with E-state index in [0.717, 1.165) is 4.31 Å². The summed E-state index contributed by atoms with van der Waals surface area (Å²) >= 11 is 7.71. The molecular formula is C40H37ClF2N10O4S2. The molecule has 2 aliphatic rings. The highest BCUT2D eigenvalue weighted by molar-refractivity contribution is 7.87. The van der Waals surface area contributed by atoms with Crippen molar-refractivity contribution in [2.75, 3.05) is 39.1 Å². The Morgan fingerprint density at radius 3 is 2.56 bits per heavy atom. The van der Waals surface area contributed by atoms with E-state index in [4.69, 9.17) is 11.6 Å². The molecule has 0 radical (unpaired) electrons. The molecule has 304 valence electrons. The van der Waals surface area contributed by atoms with E-state index in [0.29, 0.717) is 80.5 Å². The van der Waals surface area contributed by atoms with E-state index < -0.39 is 27.6 Å². The second-order valence-electron chi connectivity index (χ2n) is 15.0. The van der Waals surface area contributed by atoms with Gasteiger partial charge in [-0.1, -0.05) is 23.4 Å². The summed E-state index contributed by atoms with van der Waals surface area (Å²) in [5.74, 6) is 3.28. The summed E-state index contributed by atoms with van der Waals surface area (Å²) in [6.45, 7) is 3.03. The van der Waals surface area contributed by atoms with E-state index in [1.807, 2.05) is 16.7 Å². The molecule has 8 rings (SSSR count). The van der Waals surface area contributed by atoms with Crippen molar-refractivity contribution >= 4 is 71.6 Å². The topological polar surface area (TPSA) is 162 Å². The summed E-state index contributed by atoms with van der Waals surface area (Å²) in [5.41, 5.74) is 3.40. The first kappa shape index (κ1) is 40.3. The average Bonchev–Trinajstić information content (AvgIpc) is 3.81. The highest BCUT2D eigenvalue weighted by Gasteiger charge is 2.48. The average molecular weight is 859 g/mol. The van der Waals surface area contributed by atoms with Crippen LogP contribution in [0.3, 0.4) is 0 Å². The summed E-state index contributed by atoms with van der Waals surface area (Å²) < 4.78 is 58.5. The molecular weight excluding hydrogens is 822 g/mol. The third kappa shape index (κ3) is 7.40. The number of aromatic nitrogens is 5. The number of nitrogens with one attached hydrogen (secondary N) is 1. The molecule has 6 aromatic rings. The first-order valence-corrected chi connectivity index (χ1v) is 21.3. The lowest BCUT2D eigenvalue weighted by Crippen LogP contribution is -2.55. The van der Waals surface area contributed by atoms with E-state index in [-0.39, 0.29) is 48.0 Å². The maximum atomic E-state index is 14.5. The Labute approximate surface area is 346 Å². The number of hydrogen-bond acceptors (Lipinski definition) is 11. The fraction of sp³-hybridized carbons (Fsp3) is 0.350. The first-order chi connectivity index (χ1) is 28.1. The van der Waals surface area contributed by atoms with Crippen molar-refractivity contribution in [1.29, 1.82) is 5.26 Å². The number of nitrogens with zero attached hydrogens (tertiary/aromatic N) is 9. The number of hydrogen-bond donors (Lipinski definition) is 1.